The largest absolute Gasteiger partial charge is 0.493 e. The van der Waals surface area contributed by atoms with E-state index in [-0.39, 0.29) is 24.1 Å². The van der Waals surface area contributed by atoms with Crippen LogP contribution in [-0.4, -0.2) is 58.6 Å². The van der Waals surface area contributed by atoms with E-state index in [9.17, 15) is 14.4 Å². The molecule has 0 spiro atoms. The fourth-order valence-corrected chi connectivity index (χ4v) is 3.59. The minimum atomic E-state index is -0.762. The van der Waals surface area contributed by atoms with Crippen molar-refractivity contribution in [2.75, 3.05) is 27.3 Å². The molecule has 1 aliphatic heterocycles. The van der Waals surface area contributed by atoms with Gasteiger partial charge in [0.1, 0.15) is 5.69 Å². The van der Waals surface area contributed by atoms with Crippen LogP contribution in [-0.2, 0) is 6.54 Å². The summed E-state index contributed by atoms with van der Waals surface area (Å²) in [5.41, 5.74) is 1.17. The van der Waals surface area contributed by atoms with Crippen molar-refractivity contribution in [1.29, 1.82) is 0 Å². The number of amides is 1. The Morgan fingerprint density at radius 2 is 1.87 bits per heavy atom. The molecule has 3 aromatic rings. The minimum Gasteiger partial charge on any atom is -0.493 e. The number of carbonyl (C=O) groups is 2. The predicted molar refractivity (Wildman–Crippen MR) is 110 cm³/mol. The summed E-state index contributed by atoms with van der Waals surface area (Å²) >= 11 is 0. The molecule has 1 aliphatic rings. The number of carbonyl (C=O) groups excluding carboxylic acids is 2. The molecular weight excluding hydrogens is 404 g/mol. The summed E-state index contributed by atoms with van der Waals surface area (Å²) in [6.45, 7) is 1.14. The van der Waals surface area contributed by atoms with Crippen LogP contribution in [0.3, 0.4) is 0 Å². The molecule has 0 saturated carbocycles. The number of Topliss-reactive ketones (excluding diaryl/α,β-unsaturated/α-hetero) is 1. The second kappa shape index (κ2) is 8.50. The zero-order chi connectivity index (χ0) is 22.0. The average molecular weight is 426 g/mol. The van der Waals surface area contributed by atoms with Gasteiger partial charge in [0.05, 0.1) is 20.8 Å². The van der Waals surface area contributed by atoms with Gasteiger partial charge in [0.2, 0.25) is 0 Å². The van der Waals surface area contributed by atoms with Crippen molar-refractivity contribution in [3.05, 3.63) is 52.3 Å². The Hall–Kier alpha value is -3.82. The third kappa shape index (κ3) is 3.96. The van der Waals surface area contributed by atoms with Crippen molar-refractivity contribution in [1.82, 2.24) is 19.6 Å². The Kier molecular flexibility index (Phi) is 5.61. The number of benzene rings is 1. The maximum absolute atomic E-state index is 12.8. The van der Waals surface area contributed by atoms with Gasteiger partial charge >= 0.3 is 5.76 Å². The first-order valence-electron chi connectivity index (χ1n) is 9.81. The zero-order valence-electron chi connectivity index (χ0n) is 17.2. The molecule has 1 saturated heterocycles. The number of nitrogens with one attached hydrogen (secondary N) is 1. The first kappa shape index (κ1) is 20.5. The van der Waals surface area contributed by atoms with Crippen LogP contribution >= 0.6 is 0 Å². The number of aromatic nitrogens is 3. The van der Waals surface area contributed by atoms with Crippen LogP contribution in [0.5, 0.6) is 11.5 Å². The van der Waals surface area contributed by atoms with Gasteiger partial charge in [-0.3, -0.25) is 14.1 Å². The summed E-state index contributed by atoms with van der Waals surface area (Å²) in [4.78, 5) is 42.1. The van der Waals surface area contributed by atoms with Gasteiger partial charge in [-0.25, -0.2) is 9.36 Å². The molecule has 31 heavy (non-hydrogen) atoms. The summed E-state index contributed by atoms with van der Waals surface area (Å²) < 4.78 is 16.4. The summed E-state index contributed by atoms with van der Waals surface area (Å²) in [5, 5.41) is 3.81. The third-order valence-electron chi connectivity index (χ3n) is 5.26. The molecule has 0 radical (unpaired) electrons. The SMILES string of the molecule is COc1ccc(-c2noc(=O)n2CC(=O)c2c[nH]c(C(=O)N3CCCC3)c2)cc1OC. The summed E-state index contributed by atoms with van der Waals surface area (Å²) in [5.74, 6) is -0.107. The predicted octanol–water partition coefficient (Wildman–Crippen LogP) is 1.97. The van der Waals surface area contributed by atoms with E-state index in [1.807, 2.05) is 0 Å². The second-order valence-electron chi connectivity index (χ2n) is 7.15. The van der Waals surface area contributed by atoms with Gasteiger partial charge in [0.25, 0.3) is 5.91 Å². The van der Waals surface area contributed by atoms with Crippen LogP contribution < -0.4 is 15.2 Å². The summed E-state index contributed by atoms with van der Waals surface area (Å²) in [7, 11) is 3.01. The van der Waals surface area contributed by atoms with E-state index < -0.39 is 5.76 Å². The van der Waals surface area contributed by atoms with Crippen LogP contribution in [0.15, 0.2) is 39.8 Å². The highest BCUT2D eigenvalue weighted by Crippen LogP contribution is 2.31. The summed E-state index contributed by atoms with van der Waals surface area (Å²) in [6.07, 6.45) is 3.43. The fraction of sp³-hybridized carbons (Fsp3) is 0.333. The molecular formula is C21H22N4O6. The molecule has 1 fully saturated rings. The molecule has 4 rings (SSSR count). The van der Waals surface area contributed by atoms with Crippen LogP contribution in [0.2, 0.25) is 0 Å². The Morgan fingerprint density at radius 1 is 1.13 bits per heavy atom. The Morgan fingerprint density at radius 3 is 2.58 bits per heavy atom. The maximum Gasteiger partial charge on any atom is 0.442 e. The van der Waals surface area contributed by atoms with Crippen molar-refractivity contribution in [2.24, 2.45) is 0 Å². The quantitative estimate of drug-likeness (QED) is 0.574. The number of rotatable bonds is 7. The molecule has 1 N–H and O–H groups in total. The lowest BCUT2D eigenvalue weighted by atomic mass is 10.1. The second-order valence-corrected chi connectivity index (χ2v) is 7.15. The Bertz CT molecular complexity index is 1170. The number of ketones is 1. The third-order valence-corrected chi connectivity index (χ3v) is 5.26. The van der Waals surface area contributed by atoms with Gasteiger partial charge in [0.15, 0.2) is 23.1 Å². The Balaban J connectivity index is 1.57. The zero-order valence-corrected chi connectivity index (χ0v) is 17.2. The number of ether oxygens (including phenoxy) is 2. The molecule has 0 unspecified atom stereocenters. The van der Waals surface area contributed by atoms with Gasteiger partial charge in [-0.15, -0.1) is 0 Å². The van der Waals surface area contributed by atoms with Crippen LogP contribution in [0, 0.1) is 0 Å². The van der Waals surface area contributed by atoms with E-state index in [0.29, 0.717) is 41.4 Å². The molecule has 1 aromatic carbocycles. The highest BCUT2D eigenvalue weighted by molar-refractivity contribution is 6.00. The molecule has 162 valence electrons. The first-order chi connectivity index (χ1) is 15.0. The number of H-pyrrole nitrogens is 1. The van der Waals surface area contributed by atoms with Gasteiger partial charge in [-0.2, -0.15) is 0 Å². The van der Waals surface area contributed by atoms with Gasteiger partial charge in [0, 0.05) is 30.4 Å². The highest BCUT2D eigenvalue weighted by atomic mass is 16.5. The standard InChI is InChI=1S/C21H22N4O6/c1-29-17-6-5-13(10-18(17)30-2)19-23-31-21(28)25(19)12-16(26)14-9-15(22-11-14)20(27)24-7-3-4-8-24/h5-6,9-11,22H,3-4,7-8,12H2,1-2H3. The molecule has 0 bridgehead atoms. The van der Waals surface area contributed by atoms with E-state index >= 15 is 0 Å². The van der Waals surface area contributed by atoms with E-state index in [1.54, 1.807) is 23.1 Å². The number of hydrogen-bond donors (Lipinski definition) is 1. The molecule has 3 heterocycles. The molecule has 10 nitrogen and oxygen atoms in total. The molecule has 0 atom stereocenters. The van der Waals surface area contributed by atoms with E-state index in [2.05, 4.69) is 10.1 Å². The number of aromatic amines is 1. The van der Waals surface area contributed by atoms with Gasteiger partial charge < -0.3 is 19.4 Å². The first-order valence-corrected chi connectivity index (χ1v) is 9.81. The maximum atomic E-state index is 12.8. The smallest absolute Gasteiger partial charge is 0.442 e. The van der Waals surface area contributed by atoms with Crippen LogP contribution in [0.1, 0.15) is 33.7 Å². The van der Waals surface area contributed by atoms with Crippen molar-refractivity contribution in [3.63, 3.8) is 0 Å². The number of nitrogens with zero attached hydrogens (tertiary/aromatic N) is 3. The molecule has 2 aromatic heterocycles. The van der Waals surface area contributed by atoms with Gasteiger partial charge in [-0.1, -0.05) is 5.16 Å². The summed E-state index contributed by atoms with van der Waals surface area (Å²) in [6, 6.07) is 6.50. The number of hydrogen-bond acceptors (Lipinski definition) is 7. The number of likely N-dealkylation sites (tertiary alicyclic amines) is 1. The van der Waals surface area contributed by atoms with E-state index in [0.717, 1.165) is 17.4 Å². The van der Waals surface area contributed by atoms with Crippen LogP contribution in [0.4, 0.5) is 0 Å². The average Bonchev–Trinajstić information content (AvgIpc) is 3.55. The lowest BCUT2D eigenvalue weighted by molar-refractivity contribution is 0.0787. The van der Waals surface area contributed by atoms with Gasteiger partial charge in [-0.05, 0) is 37.1 Å². The minimum absolute atomic E-state index is 0.135. The highest BCUT2D eigenvalue weighted by Gasteiger charge is 2.23. The normalized spacial score (nSPS) is 13.4. The lowest BCUT2D eigenvalue weighted by Gasteiger charge is -2.13. The Labute approximate surface area is 177 Å². The molecule has 0 aliphatic carbocycles. The van der Waals surface area contributed by atoms with E-state index in [1.165, 1.54) is 26.5 Å². The molecule has 1 amide bonds. The van der Waals surface area contributed by atoms with E-state index in [4.69, 9.17) is 14.0 Å². The number of methoxy groups -OCH3 is 2. The lowest BCUT2D eigenvalue weighted by Crippen LogP contribution is -2.27. The van der Waals surface area contributed by atoms with Crippen molar-refractivity contribution in [3.8, 4) is 22.9 Å². The fourth-order valence-electron chi connectivity index (χ4n) is 3.59. The van der Waals surface area contributed by atoms with Crippen LogP contribution in [0.25, 0.3) is 11.4 Å². The monoisotopic (exact) mass is 426 g/mol. The van der Waals surface area contributed by atoms with Crippen molar-refractivity contribution < 1.29 is 23.6 Å². The topological polar surface area (TPSA) is 120 Å². The molecule has 10 heteroatoms. The van der Waals surface area contributed by atoms with Crippen molar-refractivity contribution >= 4 is 11.7 Å². The van der Waals surface area contributed by atoms with Crippen molar-refractivity contribution in [2.45, 2.75) is 19.4 Å².